The fraction of sp³-hybridized carbons (Fsp3) is 0.333. The van der Waals surface area contributed by atoms with Crippen molar-refractivity contribution in [3.05, 3.63) is 77.4 Å². The van der Waals surface area contributed by atoms with Crippen molar-refractivity contribution in [2.75, 3.05) is 50.2 Å². The lowest BCUT2D eigenvalue weighted by atomic mass is 10.0. The molecule has 0 radical (unpaired) electrons. The van der Waals surface area contributed by atoms with Crippen molar-refractivity contribution in [2.24, 2.45) is 0 Å². The molecule has 13 heteroatoms. The molecule has 2 saturated heterocycles. The number of nitrogens with zero attached hydrogens (tertiary/aromatic N) is 2. The zero-order valence-corrected chi connectivity index (χ0v) is 24.1. The molecule has 2 aliphatic heterocycles. The lowest BCUT2D eigenvalue weighted by Crippen LogP contribution is -2.35. The summed E-state index contributed by atoms with van der Waals surface area (Å²) in [4.78, 5) is 15.2. The standard InChI is InChI=1S/C30H31F2N5O5S/c31-20-14-21(32)16-24(15-20)43(39,40)23-2-4-27-26(17-23)29(36-35-27)34-30(38)25-3-1-19(18-37-7-11-42-12-8-37)13-28(25)33-22-5-9-41-10-6-22/h1-4,13-17,22,33H,5-12,18H2,(H2,34,35,36,38). The van der Waals surface area contributed by atoms with Gasteiger partial charge in [-0.1, -0.05) is 6.07 Å². The van der Waals surface area contributed by atoms with Crippen molar-refractivity contribution in [3.63, 3.8) is 0 Å². The summed E-state index contributed by atoms with van der Waals surface area (Å²) in [5.41, 5.74) is 2.63. The maximum atomic E-state index is 13.8. The fourth-order valence-corrected chi connectivity index (χ4v) is 6.66. The Hall–Kier alpha value is -3.91. The van der Waals surface area contributed by atoms with E-state index < -0.39 is 32.3 Å². The number of aromatic nitrogens is 2. The first kappa shape index (κ1) is 29.2. The van der Waals surface area contributed by atoms with E-state index in [1.807, 2.05) is 12.1 Å². The van der Waals surface area contributed by atoms with Crippen LogP contribution in [0.15, 0.2) is 64.4 Å². The van der Waals surface area contributed by atoms with Crippen molar-refractivity contribution < 1.29 is 31.5 Å². The minimum atomic E-state index is -4.26. The number of morpholine rings is 1. The Morgan fingerprint density at radius 3 is 2.40 bits per heavy atom. The number of hydrogen-bond acceptors (Lipinski definition) is 8. The van der Waals surface area contributed by atoms with Crippen molar-refractivity contribution in [1.82, 2.24) is 15.1 Å². The minimum absolute atomic E-state index is 0.122. The van der Waals surface area contributed by atoms with Crippen LogP contribution < -0.4 is 10.6 Å². The summed E-state index contributed by atoms with van der Waals surface area (Å²) < 4.78 is 64.9. The number of rotatable bonds is 8. The number of H-pyrrole nitrogens is 1. The third kappa shape index (κ3) is 6.54. The summed E-state index contributed by atoms with van der Waals surface area (Å²) in [5.74, 6) is -2.31. The molecule has 4 aromatic rings. The van der Waals surface area contributed by atoms with Gasteiger partial charge in [0.05, 0.1) is 34.1 Å². The van der Waals surface area contributed by atoms with Gasteiger partial charge in [-0.25, -0.2) is 17.2 Å². The zero-order valence-electron chi connectivity index (χ0n) is 23.2. The molecule has 0 aliphatic carbocycles. The Balaban J connectivity index is 1.28. The minimum Gasteiger partial charge on any atom is -0.381 e. The molecular weight excluding hydrogens is 580 g/mol. The van der Waals surface area contributed by atoms with E-state index in [4.69, 9.17) is 9.47 Å². The number of anilines is 2. The Morgan fingerprint density at radius 2 is 1.65 bits per heavy atom. The average molecular weight is 612 g/mol. The molecule has 3 N–H and O–H groups in total. The average Bonchev–Trinajstić information content (AvgIpc) is 3.39. The van der Waals surface area contributed by atoms with Crippen LogP contribution in [0.2, 0.25) is 0 Å². The highest BCUT2D eigenvalue weighted by Crippen LogP contribution is 2.30. The molecule has 10 nitrogen and oxygen atoms in total. The molecule has 226 valence electrons. The number of amides is 1. The predicted octanol–water partition coefficient (Wildman–Crippen LogP) is 4.35. The highest BCUT2D eigenvalue weighted by Gasteiger charge is 2.23. The Kier molecular flexibility index (Phi) is 8.39. The highest BCUT2D eigenvalue weighted by molar-refractivity contribution is 7.91. The van der Waals surface area contributed by atoms with Crippen molar-refractivity contribution >= 4 is 38.2 Å². The molecule has 0 saturated carbocycles. The fourth-order valence-electron chi connectivity index (χ4n) is 5.34. The van der Waals surface area contributed by atoms with E-state index >= 15 is 0 Å². The summed E-state index contributed by atoms with van der Waals surface area (Å²) in [6.45, 7) is 5.05. The highest BCUT2D eigenvalue weighted by atomic mass is 32.2. The van der Waals surface area contributed by atoms with E-state index in [1.165, 1.54) is 18.2 Å². The van der Waals surface area contributed by atoms with Gasteiger partial charge in [-0.2, -0.15) is 5.10 Å². The van der Waals surface area contributed by atoms with Gasteiger partial charge in [-0.3, -0.25) is 14.8 Å². The third-order valence-corrected chi connectivity index (χ3v) is 9.37. The van der Waals surface area contributed by atoms with Crippen molar-refractivity contribution in [3.8, 4) is 0 Å². The van der Waals surface area contributed by atoms with Crippen LogP contribution in [0.1, 0.15) is 28.8 Å². The number of nitrogens with one attached hydrogen (secondary N) is 3. The largest absolute Gasteiger partial charge is 0.381 e. The molecule has 0 spiro atoms. The summed E-state index contributed by atoms with van der Waals surface area (Å²) in [6, 6.07) is 12.1. The van der Waals surface area contributed by atoms with Gasteiger partial charge < -0.3 is 20.1 Å². The van der Waals surface area contributed by atoms with Gasteiger partial charge in [0.1, 0.15) is 11.6 Å². The maximum Gasteiger partial charge on any atom is 0.258 e. The Bertz CT molecular complexity index is 1730. The lowest BCUT2D eigenvalue weighted by molar-refractivity contribution is 0.0342. The molecular formula is C30H31F2N5O5S. The van der Waals surface area contributed by atoms with Crippen LogP contribution in [0.3, 0.4) is 0 Å². The van der Waals surface area contributed by atoms with Crippen molar-refractivity contribution in [1.29, 1.82) is 0 Å². The summed E-state index contributed by atoms with van der Waals surface area (Å²) in [5, 5.41) is 13.7. The number of hydrogen-bond donors (Lipinski definition) is 3. The molecule has 2 fully saturated rings. The molecule has 3 aromatic carbocycles. The molecule has 1 amide bonds. The predicted molar refractivity (Wildman–Crippen MR) is 156 cm³/mol. The monoisotopic (exact) mass is 611 g/mol. The van der Waals surface area contributed by atoms with E-state index in [2.05, 4.69) is 25.7 Å². The van der Waals surface area contributed by atoms with Gasteiger partial charge in [0.25, 0.3) is 5.91 Å². The van der Waals surface area contributed by atoms with E-state index in [1.54, 1.807) is 6.07 Å². The van der Waals surface area contributed by atoms with Crippen molar-refractivity contribution in [2.45, 2.75) is 35.2 Å². The number of fused-ring (bicyclic) bond motifs is 1. The smallest absolute Gasteiger partial charge is 0.258 e. The molecule has 1 aromatic heterocycles. The lowest BCUT2D eigenvalue weighted by Gasteiger charge is -2.28. The van der Waals surface area contributed by atoms with Crippen LogP contribution in [0, 0.1) is 11.6 Å². The molecule has 6 rings (SSSR count). The number of carbonyl (C=O) groups excluding carboxylic acids is 1. The zero-order chi connectivity index (χ0) is 30.0. The summed E-state index contributed by atoms with van der Waals surface area (Å²) >= 11 is 0. The first-order chi connectivity index (χ1) is 20.8. The summed E-state index contributed by atoms with van der Waals surface area (Å²) in [7, 11) is -4.26. The Morgan fingerprint density at radius 1 is 0.930 bits per heavy atom. The second-order valence-electron chi connectivity index (χ2n) is 10.6. The second kappa shape index (κ2) is 12.4. The number of aromatic amines is 1. The van der Waals surface area contributed by atoms with Crippen LogP contribution in [-0.4, -0.2) is 75.0 Å². The topological polar surface area (TPSA) is 126 Å². The van der Waals surface area contributed by atoms with Crippen LogP contribution >= 0.6 is 0 Å². The van der Waals surface area contributed by atoms with Gasteiger partial charge in [-0.15, -0.1) is 0 Å². The molecule has 3 heterocycles. The van der Waals surface area contributed by atoms with Gasteiger partial charge in [-0.05, 0) is 60.9 Å². The van der Waals surface area contributed by atoms with E-state index in [9.17, 15) is 22.0 Å². The van der Waals surface area contributed by atoms with E-state index in [0.717, 1.165) is 50.2 Å². The quantitative estimate of drug-likeness (QED) is 0.269. The normalized spacial score (nSPS) is 16.8. The van der Waals surface area contributed by atoms with Gasteiger partial charge >= 0.3 is 0 Å². The maximum absolute atomic E-state index is 13.8. The van der Waals surface area contributed by atoms with Crippen LogP contribution in [0.4, 0.5) is 20.3 Å². The number of sulfone groups is 1. The van der Waals surface area contributed by atoms with Crippen LogP contribution in [-0.2, 0) is 25.9 Å². The molecule has 0 atom stereocenters. The van der Waals surface area contributed by atoms with E-state index in [-0.39, 0.29) is 16.8 Å². The SMILES string of the molecule is O=C(Nc1n[nH]c2ccc(S(=O)(=O)c3cc(F)cc(F)c3)cc12)c1ccc(CN2CCOCC2)cc1NC1CCOCC1. The van der Waals surface area contributed by atoms with Gasteiger partial charge in [0.2, 0.25) is 9.84 Å². The first-order valence-electron chi connectivity index (χ1n) is 14.0. The first-order valence-corrected chi connectivity index (χ1v) is 15.5. The second-order valence-corrected chi connectivity index (χ2v) is 12.6. The Labute approximate surface area is 247 Å². The van der Waals surface area contributed by atoms with Crippen LogP contribution in [0.25, 0.3) is 10.9 Å². The third-order valence-electron chi connectivity index (χ3n) is 7.64. The molecule has 2 aliphatic rings. The van der Waals surface area contributed by atoms with Gasteiger partial charge in [0, 0.05) is 56.0 Å². The summed E-state index contributed by atoms with van der Waals surface area (Å²) in [6.07, 6.45) is 1.62. The van der Waals surface area contributed by atoms with Crippen LogP contribution in [0.5, 0.6) is 0 Å². The van der Waals surface area contributed by atoms with Gasteiger partial charge in [0.15, 0.2) is 5.82 Å². The van der Waals surface area contributed by atoms with E-state index in [0.29, 0.717) is 54.6 Å². The number of ether oxygens (including phenoxy) is 2. The number of carbonyl (C=O) groups is 1. The number of halogens is 2. The molecule has 0 unspecified atom stereocenters. The molecule has 0 bridgehead atoms. The molecule has 43 heavy (non-hydrogen) atoms. The number of benzene rings is 3.